The van der Waals surface area contributed by atoms with E-state index < -0.39 is 0 Å². The predicted octanol–water partition coefficient (Wildman–Crippen LogP) is 4.83. The van der Waals surface area contributed by atoms with Gasteiger partial charge in [0.05, 0.1) is 0 Å². The van der Waals surface area contributed by atoms with Crippen molar-refractivity contribution < 1.29 is 0 Å². The maximum atomic E-state index is 6.27. The maximum Gasteiger partial charge on any atom is 0.0468 e. The van der Waals surface area contributed by atoms with Crippen LogP contribution in [0.1, 0.15) is 44.2 Å². The van der Waals surface area contributed by atoms with E-state index in [2.05, 4.69) is 12.2 Å². The van der Waals surface area contributed by atoms with Crippen LogP contribution >= 0.6 is 23.2 Å². The molecule has 94 valence electrons. The van der Waals surface area contributed by atoms with E-state index in [1.165, 1.54) is 31.2 Å². The second kappa shape index (κ2) is 6.08. The Bertz CT molecular complexity index is 374. The molecule has 1 aliphatic rings. The summed E-state index contributed by atoms with van der Waals surface area (Å²) in [7, 11) is 0. The summed E-state index contributed by atoms with van der Waals surface area (Å²) in [5, 5.41) is 5.00. The molecule has 0 spiro atoms. The van der Waals surface area contributed by atoms with Gasteiger partial charge in [-0.05, 0) is 43.0 Å². The van der Waals surface area contributed by atoms with Crippen LogP contribution in [-0.4, -0.2) is 6.54 Å². The third-order valence-electron chi connectivity index (χ3n) is 3.35. The van der Waals surface area contributed by atoms with Crippen molar-refractivity contribution in [3.05, 3.63) is 33.8 Å². The molecule has 0 amide bonds. The van der Waals surface area contributed by atoms with Crippen LogP contribution in [0.3, 0.4) is 0 Å². The molecule has 0 radical (unpaired) electrons. The molecule has 0 aliphatic heterocycles. The van der Waals surface area contributed by atoms with Crippen molar-refractivity contribution in [3.8, 4) is 0 Å². The van der Waals surface area contributed by atoms with Crippen molar-refractivity contribution in [2.75, 3.05) is 6.54 Å². The van der Waals surface area contributed by atoms with Crippen LogP contribution in [0.25, 0.3) is 0 Å². The molecule has 2 rings (SSSR count). The third kappa shape index (κ3) is 3.87. The normalized spacial score (nSPS) is 17.1. The molecule has 1 unspecified atom stereocenters. The number of halogens is 2. The molecule has 1 saturated carbocycles. The zero-order valence-electron chi connectivity index (χ0n) is 10.2. The van der Waals surface area contributed by atoms with Gasteiger partial charge in [-0.1, -0.05) is 49.0 Å². The van der Waals surface area contributed by atoms with Crippen LogP contribution < -0.4 is 5.32 Å². The highest BCUT2D eigenvalue weighted by Gasteiger charge is 2.23. The Kier molecular flexibility index (Phi) is 4.72. The molecule has 1 atom stereocenters. The van der Waals surface area contributed by atoms with Crippen molar-refractivity contribution in [3.63, 3.8) is 0 Å². The molecule has 1 nitrogen and oxygen atoms in total. The van der Waals surface area contributed by atoms with Gasteiger partial charge in [0.25, 0.3) is 0 Å². The highest BCUT2D eigenvalue weighted by molar-refractivity contribution is 6.35. The summed E-state index contributed by atoms with van der Waals surface area (Å²) in [5.41, 5.74) is 1.18. The SMILES string of the molecule is CCNC(CCC1CC1)c1ccc(Cl)cc1Cl. The second-order valence-electron chi connectivity index (χ2n) is 4.80. The zero-order chi connectivity index (χ0) is 12.3. The quantitative estimate of drug-likeness (QED) is 0.781. The van der Waals surface area contributed by atoms with E-state index in [1.807, 2.05) is 18.2 Å². The molecule has 1 fully saturated rings. The predicted molar refractivity (Wildman–Crippen MR) is 74.8 cm³/mol. The van der Waals surface area contributed by atoms with Crippen LogP contribution in [-0.2, 0) is 0 Å². The Morgan fingerprint density at radius 2 is 2.12 bits per heavy atom. The van der Waals surface area contributed by atoms with Crippen LogP contribution in [0, 0.1) is 5.92 Å². The van der Waals surface area contributed by atoms with Gasteiger partial charge >= 0.3 is 0 Å². The first-order valence-electron chi connectivity index (χ1n) is 6.39. The van der Waals surface area contributed by atoms with Crippen molar-refractivity contribution in [2.45, 2.75) is 38.6 Å². The molecule has 17 heavy (non-hydrogen) atoms. The number of benzene rings is 1. The monoisotopic (exact) mass is 271 g/mol. The maximum absolute atomic E-state index is 6.27. The van der Waals surface area contributed by atoms with Crippen molar-refractivity contribution in [2.24, 2.45) is 5.92 Å². The molecule has 3 heteroatoms. The average molecular weight is 272 g/mol. The Hall–Kier alpha value is -0.240. The Labute approximate surface area is 114 Å². The standard InChI is InChI=1S/C14H19Cl2N/c1-2-17-14(8-5-10-3-4-10)12-7-6-11(15)9-13(12)16/h6-7,9-10,14,17H,2-5,8H2,1H3. The lowest BCUT2D eigenvalue weighted by Gasteiger charge is -2.19. The summed E-state index contributed by atoms with van der Waals surface area (Å²) in [5.74, 6) is 0.960. The fraction of sp³-hybridized carbons (Fsp3) is 0.571. The highest BCUT2D eigenvalue weighted by atomic mass is 35.5. The van der Waals surface area contributed by atoms with Gasteiger partial charge in [-0.15, -0.1) is 0 Å². The van der Waals surface area contributed by atoms with E-state index in [4.69, 9.17) is 23.2 Å². The summed E-state index contributed by atoms with van der Waals surface area (Å²) in [6.07, 6.45) is 5.29. The summed E-state index contributed by atoms with van der Waals surface area (Å²) in [6.45, 7) is 3.10. The number of rotatable bonds is 6. The Morgan fingerprint density at radius 3 is 2.71 bits per heavy atom. The fourth-order valence-corrected chi connectivity index (χ4v) is 2.75. The minimum absolute atomic E-state index is 0.366. The molecule has 1 aliphatic carbocycles. The zero-order valence-corrected chi connectivity index (χ0v) is 11.7. The first-order valence-corrected chi connectivity index (χ1v) is 7.14. The van der Waals surface area contributed by atoms with E-state index in [1.54, 1.807) is 0 Å². The summed E-state index contributed by atoms with van der Waals surface area (Å²) in [6, 6.07) is 6.17. The van der Waals surface area contributed by atoms with Gasteiger partial charge in [0.15, 0.2) is 0 Å². The molecule has 0 bridgehead atoms. The molecular weight excluding hydrogens is 253 g/mol. The molecule has 1 aromatic rings. The first kappa shape index (κ1) is 13.2. The molecule has 0 aromatic heterocycles. The van der Waals surface area contributed by atoms with Gasteiger partial charge < -0.3 is 5.32 Å². The van der Waals surface area contributed by atoms with Crippen molar-refractivity contribution in [1.82, 2.24) is 5.32 Å². The lowest BCUT2D eigenvalue weighted by atomic mass is 10.0. The highest BCUT2D eigenvalue weighted by Crippen LogP contribution is 2.37. The summed E-state index contributed by atoms with van der Waals surface area (Å²) in [4.78, 5) is 0. The lowest BCUT2D eigenvalue weighted by molar-refractivity contribution is 0.482. The van der Waals surface area contributed by atoms with E-state index in [0.717, 1.165) is 17.5 Å². The third-order valence-corrected chi connectivity index (χ3v) is 3.91. The van der Waals surface area contributed by atoms with Crippen LogP contribution in [0.2, 0.25) is 10.0 Å². The smallest absolute Gasteiger partial charge is 0.0468 e. The second-order valence-corrected chi connectivity index (χ2v) is 5.64. The minimum atomic E-state index is 0.366. The number of nitrogens with one attached hydrogen (secondary N) is 1. The van der Waals surface area contributed by atoms with Gasteiger partial charge in [0.1, 0.15) is 0 Å². The van der Waals surface area contributed by atoms with E-state index in [0.29, 0.717) is 11.1 Å². The first-order chi connectivity index (χ1) is 8.20. The Morgan fingerprint density at radius 1 is 1.35 bits per heavy atom. The van der Waals surface area contributed by atoms with Crippen molar-refractivity contribution in [1.29, 1.82) is 0 Å². The molecular formula is C14H19Cl2N. The van der Waals surface area contributed by atoms with E-state index in [-0.39, 0.29) is 0 Å². The summed E-state index contributed by atoms with van der Waals surface area (Å²) < 4.78 is 0. The van der Waals surface area contributed by atoms with Gasteiger partial charge in [-0.25, -0.2) is 0 Å². The Balaban J connectivity index is 2.06. The molecule has 0 saturated heterocycles. The van der Waals surface area contributed by atoms with Gasteiger partial charge in [-0.3, -0.25) is 0 Å². The largest absolute Gasteiger partial charge is 0.310 e. The van der Waals surface area contributed by atoms with Crippen LogP contribution in [0.15, 0.2) is 18.2 Å². The van der Waals surface area contributed by atoms with Crippen LogP contribution in [0.5, 0.6) is 0 Å². The minimum Gasteiger partial charge on any atom is -0.310 e. The van der Waals surface area contributed by atoms with Gasteiger partial charge in [-0.2, -0.15) is 0 Å². The topological polar surface area (TPSA) is 12.0 Å². The molecule has 1 aromatic carbocycles. The average Bonchev–Trinajstić information content (AvgIpc) is 3.09. The van der Waals surface area contributed by atoms with Gasteiger partial charge in [0, 0.05) is 16.1 Å². The van der Waals surface area contributed by atoms with E-state index >= 15 is 0 Å². The fourth-order valence-electron chi connectivity index (χ4n) is 2.21. The summed E-state index contributed by atoms with van der Waals surface area (Å²) >= 11 is 12.2. The number of hydrogen-bond donors (Lipinski definition) is 1. The van der Waals surface area contributed by atoms with Crippen molar-refractivity contribution >= 4 is 23.2 Å². The van der Waals surface area contributed by atoms with E-state index in [9.17, 15) is 0 Å². The lowest BCUT2D eigenvalue weighted by Crippen LogP contribution is -2.21. The van der Waals surface area contributed by atoms with Gasteiger partial charge in [0.2, 0.25) is 0 Å². The number of hydrogen-bond acceptors (Lipinski definition) is 1. The van der Waals surface area contributed by atoms with Crippen LogP contribution in [0.4, 0.5) is 0 Å². The molecule has 0 heterocycles. The molecule has 1 N–H and O–H groups in total.